The number of carbonyl (C=O) groups is 1. The zero-order chi connectivity index (χ0) is 25.2. The Labute approximate surface area is 201 Å². The molecule has 1 N–H and O–H groups in total. The lowest BCUT2D eigenvalue weighted by molar-refractivity contribution is -0.384. The largest absolute Gasteiger partial charge is 0.459 e. The highest BCUT2D eigenvalue weighted by Crippen LogP contribution is 2.28. The fraction of sp³-hybridized carbons (Fsp3) is 0.435. The number of aliphatic hydroxyl groups is 1. The van der Waals surface area contributed by atoms with Crippen LogP contribution in [-0.4, -0.2) is 59.9 Å². The summed E-state index contributed by atoms with van der Waals surface area (Å²) < 4.78 is 22.6. The van der Waals surface area contributed by atoms with Crippen molar-refractivity contribution in [1.29, 1.82) is 0 Å². The monoisotopic (exact) mass is 486 g/mol. The van der Waals surface area contributed by atoms with Gasteiger partial charge in [0.15, 0.2) is 6.29 Å². The smallest absolute Gasteiger partial charge is 0.303 e. The van der Waals surface area contributed by atoms with Crippen molar-refractivity contribution in [3.63, 3.8) is 0 Å². The quantitative estimate of drug-likeness (QED) is 0.126. The van der Waals surface area contributed by atoms with Gasteiger partial charge in [-0.25, -0.2) is 0 Å². The van der Waals surface area contributed by atoms with Crippen LogP contribution in [0.4, 0.5) is 5.69 Å². The molecule has 0 aliphatic carbocycles. The lowest BCUT2D eigenvalue weighted by Crippen LogP contribution is -2.60. The molecule has 1 aliphatic heterocycles. The first-order valence-electron chi connectivity index (χ1n) is 10.9. The minimum Gasteiger partial charge on any atom is -0.459 e. The second-order valence-corrected chi connectivity index (χ2v) is 7.85. The van der Waals surface area contributed by atoms with Crippen molar-refractivity contribution >= 4 is 11.7 Å². The van der Waals surface area contributed by atoms with Crippen LogP contribution in [0, 0.1) is 10.1 Å². The number of aliphatic hydroxyl groups excluding tert-OH is 1. The van der Waals surface area contributed by atoms with Crippen molar-refractivity contribution in [2.24, 2.45) is 5.11 Å². The van der Waals surface area contributed by atoms with Crippen molar-refractivity contribution in [2.45, 2.75) is 50.6 Å². The van der Waals surface area contributed by atoms with Crippen molar-refractivity contribution < 1.29 is 33.8 Å². The zero-order valence-electron chi connectivity index (χ0n) is 19.0. The molecule has 1 heterocycles. The fourth-order valence-electron chi connectivity index (χ4n) is 3.63. The minimum absolute atomic E-state index is 0.0229. The first kappa shape index (κ1) is 26.1. The van der Waals surface area contributed by atoms with Gasteiger partial charge in [-0.05, 0) is 23.1 Å². The van der Waals surface area contributed by atoms with Crippen LogP contribution < -0.4 is 0 Å². The maximum atomic E-state index is 11.7. The molecule has 3 rings (SSSR count). The highest BCUT2D eigenvalue weighted by molar-refractivity contribution is 5.66. The summed E-state index contributed by atoms with van der Waals surface area (Å²) >= 11 is 0. The molecule has 0 bridgehead atoms. The Bertz CT molecular complexity index is 1030. The molecule has 12 heteroatoms. The number of nitro benzene ring substituents is 1. The third kappa shape index (κ3) is 7.47. The molecule has 0 saturated carbocycles. The Hall–Kier alpha value is -3.54. The number of hydrogen-bond acceptors (Lipinski definition) is 9. The lowest BCUT2D eigenvalue weighted by atomic mass is 9.97. The molecule has 0 radical (unpaired) electrons. The van der Waals surface area contributed by atoms with Gasteiger partial charge in [-0.2, -0.15) is 0 Å². The number of carbonyl (C=O) groups excluding carboxylic acids is 1. The molecule has 186 valence electrons. The zero-order valence-corrected chi connectivity index (χ0v) is 19.0. The fourth-order valence-corrected chi connectivity index (χ4v) is 3.63. The molecular formula is C23H26N4O8. The second-order valence-electron chi connectivity index (χ2n) is 7.85. The summed E-state index contributed by atoms with van der Waals surface area (Å²) in [5.41, 5.74) is 10.7. The van der Waals surface area contributed by atoms with Gasteiger partial charge in [-0.1, -0.05) is 47.6 Å². The average Bonchev–Trinajstić information content (AvgIpc) is 2.84. The van der Waals surface area contributed by atoms with Crippen molar-refractivity contribution in [3.8, 4) is 0 Å². The van der Waals surface area contributed by atoms with Gasteiger partial charge in [0, 0.05) is 24.0 Å². The molecular weight excluding hydrogens is 460 g/mol. The predicted octanol–water partition coefficient (Wildman–Crippen LogP) is 3.07. The number of non-ortho nitro benzene ring substituents is 1. The van der Waals surface area contributed by atoms with E-state index in [0.717, 1.165) is 11.1 Å². The molecule has 2 aromatic carbocycles. The van der Waals surface area contributed by atoms with E-state index in [1.807, 2.05) is 30.3 Å². The minimum atomic E-state index is -1.32. The summed E-state index contributed by atoms with van der Waals surface area (Å²) in [6.07, 6.45) is -4.18. The number of esters is 1. The summed E-state index contributed by atoms with van der Waals surface area (Å²) in [6, 6.07) is 14.3. The van der Waals surface area contributed by atoms with Gasteiger partial charge in [0.05, 0.1) is 24.7 Å². The Morgan fingerprint density at radius 3 is 2.54 bits per heavy atom. The van der Waals surface area contributed by atoms with Gasteiger partial charge in [0.2, 0.25) is 0 Å². The van der Waals surface area contributed by atoms with Crippen LogP contribution in [0.3, 0.4) is 0 Å². The Balaban J connectivity index is 1.67. The summed E-state index contributed by atoms with van der Waals surface area (Å²) in [6.45, 7) is 1.54. The normalized spacial score (nSPS) is 23.8. The SMILES string of the molecule is CC(=O)O[C@H]1[C@@H](O)[C@@H](COCc2ccccc2)O[C@H](OCCc2ccc([N+](=O)[O-])cc2)[C@@H]1N=[N+]=[N-]. The number of azide groups is 1. The average molecular weight is 486 g/mol. The van der Waals surface area contributed by atoms with E-state index < -0.39 is 41.5 Å². The predicted molar refractivity (Wildman–Crippen MR) is 122 cm³/mol. The molecule has 35 heavy (non-hydrogen) atoms. The van der Waals surface area contributed by atoms with Gasteiger partial charge in [0.25, 0.3) is 5.69 Å². The van der Waals surface area contributed by atoms with Crippen LogP contribution in [0.1, 0.15) is 18.1 Å². The highest BCUT2D eigenvalue weighted by atomic mass is 16.7. The number of ether oxygens (including phenoxy) is 4. The molecule has 0 amide bonds. The number of nitro groups is 1. The lowest BCUT2D eigenvalue weighted by Gasteiger charge is -2.42. The number of benzene rings is 2. The van der Waals surface area contributed by atoms with Gasteiger partial charge >= 0.3 is 5.97 Å². The Morgan fingerprint density at radius 1 is 1.20 bits per heavy atom. The number of nitrogens with zero attached hydrogens (tertiary/aromatic N) is 4. The second kappa shape index (κ2) is 12.8. The standard InChI is InChI=1S/C23H26N4O8/c1-15(28)34-22-20(25-26-24)23(33-12-11-16-7-9-18(10-8-16)27(30)31)35-19(21(22)29)14-32-13-17-5-3-2-4-6-17/h2-10,19-23,29H,11-14H2,1H3/t19-,20-,21+,22-,23+/m1/s1. The van der Waals surface area contributed by atoms with Crippen molar-refractivity contribution in [2.75, 3.05) is 13.2 Å². The maximum absolute atomic E-state index is 11.7. The molecule has 0 unspecified atom stereocenters. The van der Waals surface area contributed by atoms with E-state index in [1.54, 1.807) is 12.1 Å². The Morgan fingerprint density at radius 2 is 1.91 bits per heavy atom. The maximum Gasteiger partial charge on any atom is 0.303 e. The van der Waals surface area contributed by atoms with Crippen LogP contribution in [0.2, 0.25) is 0 Å². The van der Waals surface area contributed by atoms with E-state index in [4.69, 9.17) is 24.5 Å². The number of hydrogen-bond donors (Lipinski definition) is 1. The van der Waals surface area contributed by atoms with Crippen LogP contribution in [-0.2, 0) is 36.8 Å². The first-order chi connectivity index (χ1) is 16.9. The summed E-state index contributed by atoms with van der Waals surface area (Å²) in [4.78, 5) is 24.8. The molecule has 1 fully saturated rings. The van der Waals surface area contributed by atoms with Gasteiger partial charge in [-0.3, -0.25) is 14.9 Å². The van der Waals surface area contributed by atoms with Gasteiger partial charge in [-0.15, -0.1) is 0 Å². The van der Waals surface area contributed by atoms with Crippen LogP contribution in [0.5, 0.6) is 0 Å². The van der Waals surface area contributed by atoms with Gasteiger partial charge in [0.1, 0.15) is 24.4 Å². The molecule has 1 saturated heterocycles. The van der Waals surface area contributed by atoms with Crippen LogP contribution in [0.25, 0.3) is 10.4 Å². The molecule has 1 aliphatic rings. The molecule has 0 aromatic heterocycles. The summed E-state index contributed by atoms with van der Waals surface area (Å²) in [5.74, 6) is -0.664. The van der Waals surface area contributed by atoms with Crippen molar-refractivity contribution in [1.82, 2.24) is 0 Å². The van der Waals surface area contributed by atoms with E-state index in [2.05, 4.69) is 10.0 Å². The van der Waals surface area contributed by atoms with E-state index in [1.165, 1.54) is 19.1 Å². The van der Waals surface area contributed by atoms with E-state index >= 15 is 0 Å². The summed E-state index contributed by atoms with van der Waals surface area (Å²) in [7, 11) is 0. The highest BCUT2D eigenvalue weighted by Gasteiger charge is 2.47. The van der Waals surface area contributed by atoms with Crippen LogP contribution >= 0.6 is 0 Å². The molecule has 12 nitrogen and oxygen atoms in total. The molecule has 2 aromatic rings. The summed E-state index contributed by atoms with van der Waals surface area (Å²) in [5, 5.41) is 25.2. The first-order valence-corrected chi connectivity index (χ1v) is 10.9. The van der Waals surface area contributed by atoms with E-state index in [9.17, 15) is 20.0 Å². The third-order valence-corrected chi connectivity index (χ3v) is 5.34. The number of rotatable bonds is 11. The van der Waals surface area contributed by atoms with Crippen molar-refractivity contribution in [3.05, 3.63) is 86.3 Å². The van der Waals surface area contributed by atoms with E-state index in [-0.39, 0.29) is 25.5 Å². The van der Waals surface area contributed by atoms with Crippen LogP contribution in [0.15, 0.2) is 59.7 Å². The topological polar surface area (TPSA) is 166 Å². The van der Waals surface area contributed by atoms with E-state index in [0.29, 0.717) is 6.42 Å². The molecule has 0 spiro atoms. The van der Waals surface area contributed by atoms with Gasteiger partial charge < -0.3 is 24.1 Å². The Kier molecular flexibility index (Phi) is 9.53. The third-order valence-electron chi connectivity index (χ3n) is 5.34. The molecule has 5 atom stereocenters.